The largest absolute Gasteiger partial charge is 0.260 e. The van der Waals surface area contributed by atoms with E-state index in [1.807, 2.05) is 0 Å². The quantitative estimate of drug-likeness (QED) is 0.480. The predicted octanol–water partition coefficient (Wildman–Crippen LogP) is 0.768. The van der Waals surface area contributed by atoms with Gasteiger partial charge in [-0.3, -0.25) is 5.43 Å². The Kier molecular flexibility index (Phi) is 1.02. The van der Waals surface area contributed by atoms with Gasteiger partial charge in [0.2, 0.25) is 0 Å². The second kappa shape index (κ2) is 1.68. The van der Waals surface area contributed by atoms with Crippen molar-refractivity contribution in [3.8, 4) is 0 Å². The summed E-state index contributed by atoms with van der Waals surface area (Å²) in [6, 6.07) is 0. The van der Waals surface area contributed by atoms with Crippen molar-refractivity contribution in [3.63, 3.8) is 0 Å². The number of nitrogens with one attached hydrogen (secondary N) is 1. The van der Waals surface area contributed by atoms with E-state index in [-0.39, 0.29) is 0 Å². The summed E-state index contributed by atoms with van der Waals surface area (Å²) in [7, 11) is 0. The maximum Gasteiger partial charge on any atom is 0.110 e. The average Bonchev–Trinajstić information content (AvgIpc) is 2.14. The highest BCUT2D eigenvalue weighted by molar-refractivity contribution is 4.97. The highest BCUT2D eigenvalue weighted by Gasteiger charge is 1.97. The van der Waals surface area contributed by atoms with Crippen molar-refractivity contribution in [2.75, 3.05) is 6.54 Å². The molecule has 1 N–H and O–H groups in total. The number of rotatable bonds is 0. The van der Waals surface area contributed by atoms with E-state index in [0.29, 0.717) is 18.6 Å². The molecule has 0 aromatic heterocycles. The van der Waals surface area contributed by atoms with Crippen molar-refractivity contribution in [1.82, 2.24) is 5.43 Å². The molecule has 0 amide bonds. The second-order valence-corrected chi connectivity index (χ2v) is 1.15. The normalized spacial score (nSPS) is 23.3. The van der Waals surface area contributed by atoms with Crippen LogP contribution in [0.2, 0.25) is 0 Å². The summed E-state index contributed by atoms with van der Waals surface area (Å²) in [6.45, 7) is 0.344. The van der Waals surface area contributed by atoms with Crippen molar-refractivity contribution in [2.24, 2.45) is 10.3 Å². The molecule has 0 atom stereocenters. The van der Waals surface area contributed by atoms with E-state index >= 15 is 0 Å². The standard InChI is InChI=1S/C3H4FN3/c4-1-3-2-5-7-6-3/h1H,2H2,(H,5,6). The zero-order valence-electron chi connectivity index (χ0n) is 3.56. The molecule has 0 saturated heterocycles. The number of hydrogen-bond donors (Lipinski definition) is 1. The van der Waals surface area contributed by atoms with E-state index in [1.54, 1.807) is 0 Å². The van der Waals surface area contributed by atoms with Gasteiger partial charge in [0.1, 0.15) is 12.9 Å². The van der Waals surface area contributed by atoms with Gasteiger partial charge < -0.3 is 0 Å². The third-order valence-electron chi connectivity index (χ3n) is 0.637. The molecule has 0 radical (unpaired) electrons. The molecule has 1 heterocycles. The summed E-state index contributed by atoms with van der Waals surface area (Å²) in [5, 5.41) is 6.74. The van der Waals surface area contributed by atoms with Crippen LogP contribution in [0.5, 0.6) is 0 Å². The van der Waals surface area contributed by atoms with Gasteiger partial charge in [0.05, 0.1) is 5.70 Å². The Morgan fingerprint density at radius 3 is 3.00 bits per heavy atom. The molecule has 1 aliphatic rings. The van der Waals surface area contributed by atoms with E-state index in [0.717, 1.165) is 0 Å². The van der Waals surface area contributed by atoms with Gasteiger partial charge in [-0.05, 0) is 0 Å². The first-order chi connectivity index (χ1) is 3.43. The van der Waals surface area contributed by atoms with Crippen LogP contribution >= 0.6 is 0 Å². The first kappa shape index (κ1) is 4.23. The number of halogens is 1. The van der Waals surface area contributed by atoms with E-state index in [1.165, 1.54) is 0 Å². The third-order valence-corrected chi connectivity index (χ3v) is 0.637. The van der Waals surface area contributed by atoms with Crippen molar-refractivity contribution >= 4 is 0 Å². The summed E-state index contributed by atoms with van der Waals surface area (Å²) >= 11 is 0. The van der Waals surface area contributed by atoms with Gasteiger partial charge in [0, 0.05) is 0 Å². The molecule has 0 unspecified atom stereocenters. The van der Waals surface area contributed by atoms with Crippen LogP contribution in [0, 0.1) is 0 Å². The summed E-state index contributed by atoms with van der Waals surface area (Å²) in [5.74, 6) is 0. The first-order valence-corrected chi connectivity index (χ1v) is 1.85. The summed E-state index contributed by atoms with van der Waals surface area (Å²) in [4.78, 5) is 0. The molecule has 1 rings (SSSR count). The number of nitrogens with zero attached hydrogens (tertiary/aromatic N) is 2. The minimum atomic E-state index is 0.344. The molecular formula is C3H4FN3. The average molecular weight is 101 g/mol. The summed E-state index contributed by atoms with van der Waals surface area (Å²) in [6.07, 6.45) is 0.458. The lowest BCUT2D eigenvalue weighted by molar-refractivity contribution is 0.694. The SMILES string of the molecule is FC=C1CN=NN1. The van der Waals surface area contributed by atoms with Crippen LogP contribution in [-0.2, 0) is 0 Å². The molecule has 3 nitrogen and oxygen atoms in total. The van der Waals surface area contributed by atoms with Gasteiger partial charge in [-0.1, -0.05) is 5.22 Å². The second-order valence-electron chi connectivity index (χ2n) is 1.15. The van der Waals surface area contributed by atoms with Crippen molar-refractivity contribution in [1.29, 1.82) is 0 Å². The van der Waals surface area contributed by atoms with Crippen LogP contribution in [0.3, 0.4) is 0 Å². The fourth-order valence-electron chi connectivity index (χ4n) is 0.305. The molecule has 1 aliphatic heterocycles. The minimum Gasteiger partial charge on any atom is -0.260 e. The van der Waals surface area contributed by atoms with Crippen LogP contribution in [0.4, 0.5) is 4.39 Å². The lowest BCUT2D eigenvalue weighted by Crippen LogP contribution is -1.97. The molecule has 7 heavy (non-hydrogen) atoms. The zero-order chi connectivity index (χ0) is 5.11. The molecule has 0 aliphatic carbocycles. The van der Waals surface area contributed by atoms with E-state index < -0.39 is 0 Å². The van der Waals surface area contributed by atoms with Crippen LogP contribution in [0.1, 0.15) is 0 Å². The van der Waals surface area contributed by atoms with Crippen molar-refractivity contribution in [3.05, 3.63) is 12.0 Å². The lowest BCUT2D eigenvalue weighted by Gasteiger charge is -1.83. The number of hydrogen-bond acceptors (Lipinski definition) is 3. The first-order valence-electron chi connectivity index (χ1n) is 1.85. The Bertz CT molecular complexity index is 107. The molecule has 38 valence electrons. The Morgan fingerprint density at radius 1 is 1.86 bits per heavy atom. The Hall–Kier alpha value is -0.930. The Labute approximate surface area is 39.9 Å². The highest BCUT2D eigenvalue weighted by atomic mass is 19.1. The fourth-order valence-corrected chi connectivity index (χ4v) is 0.305. The van der Waals surface area contributed by atoms with E-state index in [4.69, 9.17) is 0 Å². The maximum absolute atomic E-state index is 11.4. The lowest BCUT2D eigenvalue weighted by atomic mass is 10.5. The van der Waals surface area contributed by atoms with Crippen molar-refractivity contribution in [2.45, 2.75) is 0 Å². The van der Waals surface area contributed by atoms with Gasteiger partial charge in [-0.15, -0.1) is 0 Å². The molecule has 0 bridgehead atoms. The van der Waals surface area contributed by atoms with Gasteiger partial charge in [-0.2, -0.15) is 5.11 Å². The van der Waals surface area contributed by atoms with Crippen LogP contribution in [0.25, 0.3) is 0 Å². The van der Waals surface area contributed by atoms with Crippen molar-refractivity contribution < 1.29 is 4.39 Å². The van der Waals surface area contributed by atoms with Gasteiger partial charge in [0.15, 0.2) is 0 Å². The topological polar surface area (TPSA) is 36.8 Å². The highest BCUT2D eigenvalue weighted by Crippen LogP contribution is 1.97. The molecule has 0 spiro atoms. The zero-order valence-corrected chi connectivity index (χ0v) is 3.56. The molecule has 4 heteroatoms. The Morgan fingerprint density at radius 2 is 2.71 bits per heavy atom. The predicted molar refractivity (Wildman–Crippen MR) is 22.0 cm³/mol. The van der Waals surface area contributed by atoms with E-state index in [2.05, 4.69) is 15.8 Å². The monoisotopic (exact) mass is 101 g/mol. The smallest absolute Gasteiger partial charge is 0.110 e. The van der Waals surface area contributed by atoms with Gasteiger partial charge in [-0.25, -0.2) is 4.39 Å². The molecular weight excluding hydrogens is 97.1 g/mol. The molecule has 0 fully saturated rings. The molecule has 0 saturated carbocycles. The summed E-state index contributed by atoms with van der Waals surface area (Å²) < 4.78 is 11.4. The van der Waals surface area contributed by atoms with Crippen LogP contribution < -0.4 is 5.43 Å². The minimum absolute atomic E-state index is 0.344. The van der Waals surface area contributed by atoms with Gasteiger partial charge in [0.25, 0.3) is 0 Å². The molecule has 0 aromatic rings. The van der Waals surface area contributed by atoms with Gasteiger partial charge >= 0.3 is 0 Å². The summed E-state index contributed by atoms with van der Waals surface area (Å²) in [5.41, 5.74) is 2.77. The maximum atomic E-state index is 11.4. The third kappa shape index (κ3) is 0.734. The fraction of sp³-hybridized carbons (Fsp3) is 0.333. The van der Waals surface area contributed by atoms with Crippen LogP contribution in [0.15, 0.2) is 22.4 Å². The Balaban J connectivity index is 2.51. The van der Waals surface area contributed by atoms with Crippen LogP contribution in [-0.4, -0.2) is 6.54 Å². The van der Waals surface area contributed by atoms with E-state index in [9.17, 15) is 4.39 Å². The molecule has 0 aromatic carbocycles.